The molecule has 0 N–H and O–H groups in total. The van der Waals surface area contributed by atoms with Gasteiger partial charge < -0.3 is 9.47 Å². The van der Waals surface area contributed by atoms with E-state index in [0.717, 1.165) is 5.56 Å². The monoisotopic (exact) mass is 454 g/mol. The minimum atomic E-state index is -3.03. The van der Waals surface area contributed by atoms with E-state index in [1.807, 2.05) is 6.07 Å². The molecule has 2 aromatic carbocycles. The maximum atomic E-state index is 13.1. The predicted molar refractivity (Wildman–Crippen MR) is 120 cm³/mol. The van der Waals surface area contributed by atoms with Crippen molar-refractivity contribution in [3.05, 3.63) is 82.6 Å². The van der Waals surface area contributed by atoms with Crippen LogP contribution in [0.1, 0.15) is 21.5 Å². The number of hydrogen-bond donors (Lipinski definition) is 0. The van der Waals surface area contributed by atoms with E-state index in [0.29, 0.717) is 27.0 Å². The Hall–Kier alpha value is -3.34. The van der Waals surface area contributed by atoms with Gasteiger partial charge in [0.25, 0.3) is 5.91 Å². The third-order valence-electron chi connectivity index (χ3n) is 4.21. The molecule has 0 saturated heterocycles. The van der Waals surface area contributed by atoms with Crippen LogP contribution in [-0.4, -0.2) is 35.6 Å². The highest BCUT2D eigenvalue weighted by atomic mass is 35.5. The number of aromatic nitrogens is 1. The molecule has 0 spiro atoms. The molecule has 3 rings (SSSR count). The first-order valence-corrected chi connectivity index (χ1v) is 11.3. The summed E-state index contributed by atoms with van der Waals surface area (Å²) in [5, 5.41) is 0.584. The number of pyridine rings is 1. The Kier molecular flexibility index (Phi) is 6.95. The maximum Gasteiger partial charge on any atom is 0.286 e. The Morgan fingerprint density at radius 3 is 2.45 bits per heavy atom. The summed E-state index contributed by atoms with van der Waals surface area (Å²) in [5.74, 6) is 6.14. The van der Waals surface area contributed by atoms with Gasteiger partial charge in [0, 0.05) is 40.9 Å². The zero-order chi connectivity index (χ0) is 22.4. The first-order chi connectivity index (χ1) is 14.8. The third-order valence-corrected chi connectivity index (χ3v) is 6.09. The molecule has 1 unspecified atom stereocenters. The standard InChI is InChI=1S/C23H19ClN2O4S/c1-29-21-10-9-20(13-22(21)30-2)31(3,28)26-23(27)18-11-17(14-25-15-18)8-7-16-5-4-6-19(24)12-16/h4-6,9-15H,1-3H3. The summed E-state index contributed by atoms with van der Waals surface area (Å²) in [6, 6.07) is 13.4. The van der Waals surface area contributed by atoms with Gasteiger partial charge in [-0.25, -0.2) is 4.21 Å². The van der Waals surface area contributed by atoms with Gasteiger partial charge in [0.1, 0.15) is 0 Å². The van der Waals surface area contributed by atoms with Crippen LogP contribution < -0.4 is 9.47 Å². The van der Waals surface area contributed by atoms with Crippen LogP contribution in [0.3, 0.4) is 0 Å². The topological polar surface area (TPSA) is 77.9 Å². The molecule has 1 heterocycles. The number of hydrogen-bond acceptors (Lipinski definition) is 5. The van der Waals surface area contributed by atoms with Gasteiger partial charge in [-0.2, -0.15) is 4.36 Å². The highest BCUT2D eigenvalue weighted by Crippen LogP contribution is 2.30. The van der Waals surface area contributed by atoms with Crippen LogP contribution in [0.25, 0.3) is 0 Å². The fourth-order valence-electron chi connectivity index (χ4n) is 2.65. The third kappa shape index (κ3) is 5.63. The molecular weight excluding hydrogens is 436 g/mol. The summed E-state index contributed by atoms with van der Waals surface area (Å²) >= 11 is 5.96. The molecule has 6 nitrogen and oxygen atoms in total. The minimum Gasteiger partial charge on any atom is -0.493 e. The molecule has 3 aromatic rings. The fraction of sp³-hybridized carbons (Fsp3) is 0.130. The summed E-state index contributed by atoms with van der Waals surface area (Å²) in [4.78, 5) is 17.1. The van der Waals surface area contributed by atoms with Crippen molar-refractivity contribution in [3.63, 3.8) is 0 Å². The van der Waals surface area contributed by atoms with Crippen molar-refractivity contribution < 1.29 is 18.5 Å². The second kappa shape index (κ2) is 9.65. The van der Waals surface area contributed by atoms with Gasteiger partial charge in [0.05, 0.1) is 34.4 Å². The Labute approximate surface area is 186 Å². The summed E-state index contributed by atoms with van der Waals surface area (Å²) in [5.41, 5.74) is 1.45. The second-order valence-electron chi connectivity index (χ2n) is 6.44. The molecule has 1 amide bonds. The summed E-state index contributed by atoms with van der Waals surface area (Å²) < 4.78 is 27.5. The van der Waals surface area contributed by atoms with Crippen LogP contribution in [0.4, 0.5) is 0 Å². The molecule has 31 heavy (non-hydrogen) atoms. The zero-order valence-corrected chi connectivity index (χ0v) is 18.7. The first-order valence-electron chi connectivity index (χ1n) is 9.03. The largest absolute Gasteiger partial charge is 0.493 e. The van der Waals surface area contributed by atoms with Crippen LogP contribution >= 0.6 is 11.6 Å². The van der Waals surface area contributed by atoms with Crippen LogP contribution in [0.15, 0.2) is 70.2 Å². The molecule has 1 aromatic heterocycles. The van der Waals surface area contributed by atoms with Gasteiger partial charge >= 0.3 is 0 Å². The number of carbonyl (C=O) groups is 1. The Balaban J connectivity index is 1.90. The average Bonchev–Trinajstić information content (AvgIpc) is 2.77. The number of amides is 1. The summed E-state index contributed by atoms with van der Waals surface area (Å²) in [6.07, 6.45) is 4.29. The van der Waals surface area contributed by atoms with E-state index >= 15 is 0 Å². The van der Waals surface area contributed by atoms with Gasteiger partial charge in [-0.1, -0.05) is 29.5 Å². The van der Waals surface area contributed by atoms with Gasteiger partial charge in [0.15, 0.2) is 11.5 Å². The lowest BCUT2D eigenvalue weighted by molar-refractivity contribution is 0.100. The van der Waals surface area contributed by atoms with Crippen molar-refractivity contribution in [2.75, 3.05) is 20.5 Å². The molecule has 158 valence electrons. The Bertz CT molecular complexity index is 1320. The number of methoxy groups -OCH3 is 2. The maximum absolute atomic E-state index is 13.1. The second-order valence-corrected chi connectivity index (χ2v) is 9.13. The van der Waals surface area contributed by atoms with Gasteiger partial charge in [0.2, 0.25) is 0 Å². The fourth-order valence-corrected chi connectivity index (χ4v) is 4.02. The lowest BCUT2D eigenvalue weighted by Gasteiger charge is -2.10. The molecule has 0 aliphatic rings. The van der Waals surface area contributed by atoms with Crippen molar-refractivity contribution in [3.8, 4) is 23.3 Å². The minimum absolute atomic E-state index is 0.188. The van der Waals surface area contributed by atoms with Gasteiger partial charge in [-0.3, -0.25) is 9.78 Å². The number of nitrogens with zero attached hydrogens (tertiary/aromatic N) is 2. The molecule has 0 aliphatic heterocycles. The van der Waals surface area contributed by atoms with E-state index in [1.165, 1.54) is 32.9 Å². The van der Waals surface area contributed by atoms with E-state index < -0.39 is 15.6 Å². The average molecular weight is 455 g/mol. The van der Waals surface area contributed by atoms with Gasteiger partial charge in [-0.15, -0.1) is 0 Å². The number of halogens is 1. The van der Waals surface area contributed by atoms with Crippen molar-refractivity contribution in [1.29, 1.82) is 0 Å². The van der Waals surface area contributed by atoms with E-state index in [-0.39, 0.29) is 5.56 Å². The number of rotatable bonds is 4. The molecule has 0 fully saturated rings. The summed E-state index contributed by atoms with van der Waals surface area (Å²) in [6.45, 7) is 0. The Morgan fingerprint density at radius 2 is 1.74 bits per heavy atom. The summed E-state index contributed by atoms with van der Waals surface area (Å²) in [7, 11) is -0.0476. The Morgan fingerprint density at radius 1 is 1.00 bits per heavy atom. The smallest absolute Gasteiger partial charge is 0.286 e. The number of benzene rings is 2. The molecule has 0 aliphatic carbocycles. The molecule has 0 radical (unpaired) electrons. The highest BCUT2D eigenvalue weighted by molar-refractivity contribution is 7.93. The van der Waals surface area contributed by atoms with Crippen LogP contribution in [0.2, 0.25) is 5.02 Å². The predicted octanol–water partition coefficient (Wildman–Crippen LogP) is 4.45. The van der Waals surface area contributed by atoms with Crippen molar-refractivity contribution in [2.45, 2.75) is 4.90 Å². The molecule has 0 saturated carbocycles. The highest BCUT2D eigenvalue weighted by Gasteiger charge is 2.15. The van der Waals surface area contributed by atoms with Crippen molar-refractivity contribution in [2.24, 2.45) is 4.36 Å². The van der Waals surface area contributed by atoms with Crippen molar-refractivity contribution in [1.82, 2.24) is 4.98 Å². The number of ether oxygens (including phenoxy) is 2. The lowest BCUT2D eigenvalue weighted by Crippen LogP contribution is -2.05. The van der Waals surface area contributed by atoms with Crippen LogP contribution in [0.5, 0.6) is 11.5 Å². The SMILES string of the molecule is COc1ccc(S(C)(=O)=NC(=O)c2cncc(C#Cc3cccc(Cl)c3)c2)cc1OC. The van der Waals surface area contributed by atoms with Crippen molar-refractivity contribution >= 4 is 27.2 Å². The molecule has 0 bridgehead atoms. The lowest BCUT2D eigenvalue weighted by atomic mass is 10.1. The van der Waals surface area contributed by atoms with Crippen LogP contribution in [0, 0.1) is 11.8 Å². The van der Waals surface area contributed by atoms with E-state index in [2.05, 4.69) is 21.2 Å². The normalized spacial score (nSPS) is 12.1. The van der Waals surface area contributed by atoms with E-state index in [4.69, 9.17) is 21.1 Å². The van der Waals surface area contributed by atoms with Gasteiger partial charge in [-0.05, 0) is 36.4 Å². The quantitative estimate of drug-likeness (QED) is 0.544. The van der Waals surface area contributed by atoms with E-state index in [1.54, 1.807) is 42.5 Å². The molecule has 8 heteroatoms. The van der Waals surface area contributed by atoms with E-state index in [9.17, 15) is 9.00 Å². The number of carbonyl (C=O) groups excluding carboxylic acids is 1. The molecular formula is C23H19ClN2O4S. The zero-order valence-electron chi connectivity index (χ0n) is 17.1. The molecule has 1 atom stereocenters. The van der Waals surface area contributed by atoms with Crippen LogP contribution in [-0.2, 0) is 9.73 Å². The first kappa shape index (κ1) is 22.3.